The van der Waals surface area contributed by atoms with E-state index in [1.165, 1.54) is 0 Å². The number of carbonyl (C=O) groups is 1. The van der Waals surface area contributed by atoms with E-state index in [9.17, 15) is 4.79 Å². The Morgan fingerprint density at radius 1 is 1.13 bits per heavy atom. The van der Waals surface area contributed by atoms with Crippen LogP contribution in [0.15, 0.2) is 66.3 Å². The third-order valence-corrected chi connectivity index (χ3v) is 4.64. The van der Waals surface area contributed by atoms with Crippen molar-refractivity contribution in [2.45, 2.75) is 12.5 Å². The molecule has 2 aromatic heterocycles. The first-order valence-electron chi connectivity index (χ1n) is 7.19. The number of nitrogens with one attached hydrogen (secondary N) is 1. The lowest BCUT2D eigenvalue weighted by atomic mass is 10.0. The van der Waals surface area contributed by atoms with Gasteiger partial charge in [-0.2, -0.15) is 0 Å². The normalized spacial score (nSPS) is 11.9. The number of rotatable bonds is 5. The fourth-order valence-corrected chi connectivity index (χ4v) is 3.26. The number of carbonyl (C=O) groups excluding carboxylic acids is 1. The van der Waals surface area contributed by atoms with Gasteiger partial charge in [0.05, 0.1) is 12.5 Å². The standard InChI is InChI=1S/C18H15ClN2OS/c19-15-5-3-14(4-6-15)18(16-2-1-11-23-16)21-17(22)12-13-7-9-20-10-8-13/h1-11,18H,12H2,(H,21,22)/t18-/m1/s1. The molecule has 1 atom stereocenters. The average molecular weight is 343 g/mol. The monoisotopic (exact) mass is 342 g/mol. The van der Waals surface area contributed by atoms with E-state index in [1.54, 1.807) is 23.7 Å². The van der Waals surface area contributed by atoms with E-state index in [-0.39, 0.29) is 11.9 Å². The molecule has 2 heterocycles. The number of aromatic nitrogens is 1. The van der Waals surface area contributed by atoms with Gasteiger partial charge in [0, 0.05) is 22.3 Å². The van der Waals surface area contributed by atoms with Gasteiger partial charge in [-0.25, -0.2) is 0 Å². The Labute approximate surface area is 144 Å². The van der Waals surface area contributed by atoms with Crippen molar-refractivity contribution in [2.24, 2.45) is 0 Å². The molecular weight excluding hydrogens is 328 g/mol. The molecule has 3 aromatic rings. The number of amides is 1. The molecule has 0 radical (unpaired) electrons. The van der Waals surface area contributed by atoms with Gasteiger partial charge in [-0.1, -0.05) is 29.8 Å². The zero-order valence-electron chi connectivity index (χ0n) is 12.3. The number of benzene rings is 1. The summed E-state index contributed by atoms with van der Waals surface area (Å²) in [7, 11) is 0. The van der Waals surface area contributed by atoms with Crippen molar-refractivity contribution < 1.29 is 4.79 Å². The maximum atomic E-state index is 12.4. The molecular formula is C18H15ClN2OS. The summed E-state index contributed by atoms with van der Waals surface area (Å²) >= 11 is 7.58. The lowest BCUT2D eigenvalue weighted by Gasteiger charge is -2.18. The maximum absolute atomic E-state index is 12.4. The Morgan fingerprint density at radius 3 is 2.52 bits per heavy atom. The fourth-order valence-electron chi connectivity index (χ4n) is 2.33. The topological polar surface area (TPSA) is 42.0 Å². The van der Waals surface area contributed by atoms with Crippen molar-refractivity contribution in [1.82, 2.24) is 10.3 Å². The number of halogens is 1. The molecule has 1 amide bonds. The van der Waals surface area contributed by atoms with Crippen molar-refractivity contribution in [2.75, 3.05) is 0 Å². The second-order valence-corrected chi connectivity index (χ2v) is 6.52. The molecule has 0 fully saturated rings. The Hall–Kier alpha value is -2.17. The van der Waals surface area contributed by atoms with Crippen LogP contribution in [0.1, 0.15) is 22.0 Å². The van der Waals surface area contributed by atoms with Crippen LogP contribution in [0, 0.1) is 0 Å². The first-order chi connectivity index (χ1) is 11.2. The Morgan fingerprint density at radius 2 is 1.87 bits per heavy atom. The van der Waals surface area contributed by atoms with Crippen LogP contribution >= 0.6 is 22.9 Å². The Bertz CT molecular complexity index is 757. The van der Waals surface area contributed by atoms with Gasteiger partial charge < -0.3 is 5.32 Å². The van der Waals surface area contributed by atoms with Crippen LogP contribution in [0.4, 0.5) is 0 Å². The lowest BCUT2D eigenvalue weighted by molar-refractivity contribution is -0.120. The van der Waals surface area contributed by atoms with Crippen LogP contribution in [-0.2, 0) is 11.2 Å². The summed E-state index contributed by atoms with van der Waals surface area (Å²) in [6.07, 6.45) is 3.72. The molecule has 116 valence electrons. The van der Waals surface area contributed by atoms with Gasteiger partial charge in [0.25, 0.3) is 0 Å². The molecule has 0 spiro atoms. The fraction of sp³-hybridized carbons (Fsp3) is 0.111. The van der Waals surface area contributed by atoms with Crippen molar-refractivity contribution >= 4 is 28.8 Å². The number of hydrogen-bond donors (Lipinski definition) is 1. The summed E-state index contributed by atoms with van der Waals surface area (Å²) in [4.78, 5) is 17.5. The highest BCUT2D eigenvalue weighted by Crippen LogP contribution is 2.27. The predicted molar refractivity (Wildman–Crippen MR) is 93.7 cm³/mol. The number of nitrogens with zero attached hydrogens (tertiary/aromatic N) is 1. The zero-order chi connectivity index (χ0) is 16.1. The average Bonchev–Trinajstić information content (AvgIpc) is 3.09. The molecule has 1 N–H and O–H groups in total. The quantitative estimate of drug-likeness (QED) is 0.753. The van der Waals surface area contributed by atoms with Crippen molar-refractivity contribution in [3.8, 4) is 0 Å². The van der Waals surface area contributed by atoms with Crippen LogP contribution in [0.3, 0.4) is 0 Å². The minimum Gasteiger partial charge on any atom is -0.344 e. The summed E-state index contributed by atoms with van der Waals surface area (Å²) < 4.78 is 0. The summed E-state index contributed by atoms with van der Waals surface area (Å²) in [5.41, 5.74) is 1.96. The summed E-state index contributed by atoms with van der Waals surface area (Å²) in [5.74, 6) is -0.0236. The van der Waals surface area contributed by atoms with Crippen molar-refractivity contribution in [3.63, 3.8) is 0 Å². The molecule has 0 saturated carbocycles. The first kappa shape index (κ1) is 15.7. The van der Waals surface area contributed by atoms with E-state index in [0.717, 1.165) is 16.0 Å². The molecule has 3 nitrogen and oxygen atoms in total. The largest absolute Gasteiger partial charge is 0.344 e. The molecule has 23 heavy (non-hydrogen) atoms. The van der Waals surface area contributed by atoms with Gasteiger partial charge in [-0.05, 0) is 46.8 Å². The number of pyridine rings is 1. The van der Waals surface area contributed by atoms with E-state index in [2.05, 4.69) is 10.3 Å². The number of thiophene rings is 1. The van der Waals surface area contributed by atoms with E-state index < -0.39 is 0 Å². The summed E-state index contributed by atoms with van der Waals surface area (Å²) in [5, 5.41) is 5.80. The molecule has 0 aliphatic heterocycles. The molecule has 5 heteroatoms. The van der Waals surface area contributed by atoms with Gasteiger partial charge in [-0.3, -0.25) is 9.78 Å². The summed E-state index contributed by atoms with van der Waals surface area (Å²) in [6, 6.07) is 15.1. The summed E-state index contributed by atoms with van der Waals surface area (Å²) in [6.45, 7) is 0. The van der Waals surface area contributed by atoms with Gasteiger partial charge in [0.15, 0.2) is 0 Å². The van der Waals surface area contributed by atoms with Gasteiger partial charge in [0.1, 0.15) is 0 Å². The van der Waals surface area contributed by atoms with Crippen LogP contribution in [-0.4, -0.2) is 10.9 Å². The molecule has 0 aliphatic carbocycles. The molecule has 0 unspecified atom stereocenters. The minimum absolute atomic E-state index is 0.0236. The third kappa shape index (κ3) is 4.18. The van der Waals surface area contributed by atoms with E-state index in [1.807, 2.05) is 53.9 Å². The van der Waals surface area contributed by atoms with Crippen LogP contribution in [0.25, 0.3) is 0 Å². The van der Waals surface area contributed by atoms with Gasteiger partial charge in [-0.15, -0.1) is 11.3 Å². The highest BCUT2D eigenvalue weighted by Gasteiger charge is 2.18. The Balaban J connectivity index is 1.79. The third-order valence-electron chi connectivity index (χ3n) is 3.45. The molecule has 0 saturated heterocycles. The van der Waals surface area contributed by atoms with Crippen LogP contribution in [0.2, 0.25) is 5.02 Å². The van der Waals surface area contributed by atoms with E-state index in [0.29, 0.717) is 11.4 Å². The molecule has 0 bridgehead atoms. The van der Waals surface area contributed by atoms with E-state index in [4.69, 9.17) is 11.6 Å². The second kappa shape index (κ2) is 7.40. The van der Waals surface area contributed by atoms with Gasteiger partial charge >= 0.3 is 0 Å². The van der Waals surface area contributed by atoms with Crippen LogP contribution in [0.5, 0.6) is 0 Å². The molecule has 3 rings (SSSR count). The lowest BCUT2D eigenvalue weighted by Crippen LogP contribution is -2.30. The molecule has 1 aromatic carbocycles. The smallest absolute Gasteiger partial charge is 0.225 e. The zero-order valence-corrected chi connectivity index (χ0v) is 13.8. The highest BCUT2D eigenvalue weighted by atomic mass is 35.5. The van der Waals surface area contributed by atoms with E-state index >= 15 is 0 Å². The second-order valence-electron chi connectivity index (χ2n) is 5.10. The maximum Gasteiger partial charge on any atom is 0.225 e. The molecule has 0 aliphatic rings. The van der Waals surface area contributed by atoms with Gasteiger partial charge in [0.2, 0.25) is 5.91 Å². The highest BCUT2D eigenvalue weighted by molar-refractivity contribution is 7.10. The predicted octanol–water partition coefficient (Wildman–Crippen LogP) is 4.24. The Kier molecular flexibility index (Phi) is 5.05. The minimum atomic E-state index is -0.165. The van der Waals surface area contributed by atoms with Crippen LogP contribution < -0.4 is 5.32 Å². The SMILES string of the molecule is O=C(Cc1ccncc1)N[C@H](c1ccc(Cl)cc1)c1cccs1. The van der Waals surface area contributed by atoms with Crippen molar-refractivity contribution in [1.29, 1.82) is 0 Å². The number of hydrogen-bond acceptors (Lipinski definition) is 3. The first-order valence-corrected chi connectivity index (χ1v) is 8.45. The van der Waals surface area contributed by atoms with Crippen molar-refractivity contribution in [3.05, 3.63) is 87.3 Å².